The molecule has 2 saturated carbocycles. The number of rotatable bonds is 5. The van der Waals surface area contributed by atoms with Crippen LogP contribution in [0.25, 0.3) is 0 Å². The third-order valence-corrected chi connectivity index (χ3v) is 7.50. The number of carbonyl (C=O) groups excluding carboxylic acids is 2. The summed E-state index contributed by atoms with van der Waals surface area (Å²) < 4.78 is 14.8. The molecule has 2 amide bonds. The van der Waals surface area contributed by atoms with Gasteiger partial charge >= 0.3 is 0 Å². The van der Waals surface area contributed by atoms with Gasteiger partial charge < -0.3 is 10.2 Å². The van der Waals surface area contributed by atoms with Crippen LogP contribution >= 0.6 is 0 Å². The minimum Gasteiger partial charge on any atom is -0.342 e. The molecule has 7 heteroatoms. The Bertz CT molecular complexity index is 988. The van der Waals surface area contributed by atoms with Gasteiger partial charge in [0.05, 0.1) is 11.3 Å². The standard InChI is InChI=1S/C24H29FN4O2/c1-28-15-19(22(30)26-18-5-3-17(25)4-6-18)21(27-28)13-16-7-11-29(12-8-16)23(31)20-14-24(20)9-2-10-24/h3-6,15-16,20H,2,7-14H2,1H3,(H,26,30). The Labute approximate surface area is 181 Å². The lowest BCUT2D eigenvalue weighted by Crippen LogP contribution is -2.41. The van der Waals surface area contributed by atoms with E-state index in [1.54, 1.807) is 23.0 Å². The molecule has 164 valence electrons. The monoisotopic (exact) mass is 424 g/mol. The van der Waals surface area contributed by atoms with Gasteiger partial charge in [-0.15, -0.1) is 0 Å². The Morgan fingerprint density at radius 3 is 2.52 bits per heavy atom. The Balaban J connectivity index is 1.18. The molecule has 1 N–H and O–H groups in total. The zero-order valence-corrected chi connectivity index (χ0v) is 17.9. The van der Waals surface area contributed by atoms with Gasteiger partial charge in [0.25, 0.3) is 5.91 Å². The van der Waals surface area contributed by atoms with Crippen molar-refractivity contribution in [2.45, 2.75) is 44.9 Å². The first-order valence-electron chi connectivity index (χ1n) is 11.3. The quantitative estimate of drug-likeness (QED) is 0.794. The third-order valence-electron chi connectivity index (χ3n) is 7.50. The fraction of sp³-hybridized carbons (Fsp3) is 0.542. The largest absolute Gasteiger partial charge is 0.342 e. The maximum absolute atomic E-state index is 13.1. The van der Waals surface area contributed by atoms with Gasteiger partial charge in [-0.2, -0.15) is 5.10 Å². The van der Waals surface area contributed by atoms with E-state index in [1.807, 2.05) is 7.05 Å². The average molecular weight is 425 g/mol. The summed E-state index contributed by atoms with van der Waals surface area (Å²) in [7, 11) is 1.81. The van der Waals surface area contributed by atoms with E-state index in [1.165, 1.54) is 31.4 Å². The molecular weight excluding hydrogens is 395 g/mol. The molecule has 1 aromatic carbocycles. The lowest BCUT2D eigenvalue weighted by atomic mass is 9.79. The molecule has 1 aromatic heterocycles. The second-order valence-corrected chi connectivity index (χ2v) is 9.57. The molecule has 1 spiro atoms. The highest BCUT2D eigenvalue weighted by atomic mass is 19.1. The van der Waals surface area contributed by atoms with E-state index >= 15 is 0 Å². The van der Waals surface area contributed by atoms with E-state index in [2.05, 4.69) is 15.3 Å². The summed E-state index contributed by atoms with van der Waals surface area (Å²) in [5.41, 5.74) is 2.27. The SMILES string of the molecule is Cn1cc(C(=O)Nc2ccc(F)cc2)c(CC2CCN(C(=O)C3CC34CCC4)CC2)n1. The van der Waals surface area contributed by atoms with Crippen LogP contribution in [0.4, 0.5) is 10.1 Å². The number of nitrogens with one attached hydrogen (secondary N) is 1. The number of hydrogen-bond donors (Lipinski definition) is 1. The first-order chi connectivity index (χ1) is 14.9. The summed E-state index contributed by atoms with van der Waals surface area (Å²) in [6, 6.07) is 5.74. The van der Waals surface area contributed by atoms with Gasteiger partial charge in [-0.3, -0.25) is 14.3 Å². The lowest BCUT2D eigenvalue weighted by molar-refractivity contribution is -0.135. The van der Waals surface area contributed by atoms with Gasteiger partial charge in [0.2, 0.25) is 5.91 Å². The minimum atomic E-state index is -0.338. The molecule has 6 nitrogen and oxygen atoms in total. The highest BCUT2D eigenvalue weighted by Gasteiger charge is 2.61. The van der Waals surface area contributed by atoms with E-state index in [0.717, 1.165) is 44.5 Å². The van der Waals surface area contributed by atoms with Crippen LogP contribution in [-0.4, -0.2) is 39.6 Å². The van der Waals surface area contributed by atoms with Crippen LogP contribution in [0, 0.1) is 23.1 Å². The number of aryl methyl sites for hydroxylation is 1. The Morgan fingerprint density at radius 1 is 1.19 bits per heavy atom. The van der Waals surface area contributed by atoms with Crippen LogP contribution in [0.3, 0.4) is 0 Å². The molecule has 2 aliphatic carbocycles. The molecule has 5 rings (SSSR count). The highest BCUT2D eigenvalue weighted by Crippen LogP contribution is 2.66. The number of halogens is 1. The minimum absolute atomic E-state index is 0.234. The van der Waals surface area contributed by atoms with Crippen LogP contribution in [0.1, 0.15) is 54.6 Å². The van der Waals surface area contributed by atoms with E-state index in [4.69, 9.17) is 0 Å². The smallest absolute Gasteiger partial charge is 0.259 e. The van der Waals surface area contributed by atoms with Gasteiger partial charge in [0.1, 0.15) is 5.82 Å². The number of carbonyl (C=O) groups is 2. The number of likely N-dealkylation sites (tertiary alicyclic amines) is 1. The Kier molecular flexibility index (Phi) is 5.07. The second kappa shape index (κ2) is 7.77. The lowest BCUT2D eigenvalue weighted by Gasteiger charge is -2.34. The number of piperidine rings is 1. The number of anilines is 1. The maximum Gasteiger partial charge on any atom is 0.259 e. The van der Waals surface area contributed by atoms with Crippen LogP contribution in [0.15, 0.2) is 30.5 Å². The predicted octanol–water partition coefficient (Wildman–Crippen LogP) is 3.78. The van der Waals surface area contributed by atoms with E-state index in [0.29, 0.717) is 28.5 Å². The zero-order chi connectivity index (χ0) is 21.6. The van der Waals surface area contributed by atoms with Gasteiger partial charge in [-0.05, 0) is 74.1 Å². The van der Waals surface area contributed by atoms with Gasteiger partial charge in [0.15, 0.2) is 0 Å². The van der Waals surface area contributed by atoms with E-state index < -0.39 is 0 Å². The van der Waals surface area contributed by atoms with Crippen molar-refractivity contribution in [3.8, 4) is 0 Å². The van der Waals surface area contributed by atoms with Crippen LogP contribution in [0.2, 0.25) is 0 Å². The summed E-state index contributed by atoms with van der Waals surface area (Å²) in [6.45, 7) is 1.61. The fourth-order valence-corrected chi connectivity index (χ4v) is 5.34. The highest BCUT2D eigenvalue weighted by molar-refractivity contribution is 6.04. The number of hydrogen-bond acceptors (Lipinski definition) is 3. The molecule has 2 aromatic rings. The Morgan fingerprint density at radius 2 is 1.90 bits per heavy atom. The molecular formula is C24H29FN4O2. The molecule has 0 radical (unpaired) electrons. The average Bonchev–Trinajstić information content (AvgIpc) is 3.41. The molecule has 3 aliphatic rings. The third kappa shape index (κ3) is 3.98. The molecule has 1 atom stereocenters. The number of aromatic nitrogens is 2. The molecule has 1 saturated heterocycles. The van der Waals surface area contributed by atoms with Gasteiger partial charge in [-0.25, -0.2) is 4.39 Å². The van der Waals surface area contributed by atoms with Crippen molar-refractivity contribution < 1.29 is 14.0 Å². The summed E-state index contributed by atoms with van der Waals surface area (Å²) in [5.74, 6) is 0.496. The van der Waals surface area contributed by atoms with Crippen molar-refractivity contribution in [1.29, 1.82) is 0 Å². The molecule has 0 bridgehead atoms. The van der Waals surface area contributed by atoms with Crippen LogP contribution in [-0.2, 0) is 18.3 Å². The fourth-order valence-electron chi connectivity index (χ4n) is 5.34. The summed E-state index contributed by atoms with van der Waals surface area (Å²) in [6.07, 6.45) is 9.21. The summed E-state index contributed by atoms with van der Waals surface area (Å²) >= 11 is 0. The normalized spacial score (nSPS) is 22.3. The van der Waals surface area contributed by atoms with Crippen molar-refractivity contribution in [2.24, 2.45) is 24.3 Å². The number of benzene rings is 1. The molecule has 1 unspecified atom stereocenters. The van der Waals surface area contributed by atoms with Crippen molar-refractivity contribution in [1.82, 2.24) is 14.7 Å². The summed E-state index contributed by atoms with van der Waals surface area (Å²) in [5, 5.41) is 7.35. The summed E-state index contributed by atoms with van der Waals surface area (Å²) in [4.78, 5) is 27.7. The number of amides is 2. The second-order valence-electron chi connectivity index (χ2n) is 9.57. The van der Waals surface area contributed by atoms with E-state index in [9.17, 15) is 14.0 Å². The first-order valence-corrected chi connectivity index (χ1v) is 11.3. The van der Waals surface area contributed by atoms with Gasteiger partial charge in [-0.1, -0.05) is 6.42 Å². The van der Waals surface area contributed by atoms with Crippen molar-refractivity contribution in [3.63, 3.8) is 0 Å². The number of nitrogens with zero attached hydrogens (tertiary/aromatic N) is 3. The zero-order valence-electron chi connectivity index (χ0n) is 17.9. The molecule has 1 aliphatic heterocycles. The van der Waals surface area contributed by atoms with Crippen LogP contribution < -0.4 is 5.32 Å². The first kappa shape index (κ1) is 20.2. The van der Waals surface area contributed by atoms with E-state index in [-0.39, 0.29) is 17.6 Å². The molecule has 31 heavy (non-hydrogen) atoms. The van der Waals surface area contributed by atoms with Crippen molar-refractivity contribution >= 4 is 17.5 Å². The Hall–Kier alpha value is -2.70. The maximum atomic E-state index is 13.1. The topological polar surface area (TPSA) is 67.2 Å². The molecule has 2 heterocycles. The predicted molar refractivity (Wildman–Crippen MR) is 115 cm³/mol. The van der Waals surface area contributed by atoms with Crippen molar-refractivity contribution in [3.05, 3.63) is 47.5 Å². The van der Waals surface area contributed by atoms with Crippen molar-refractivity contribution in [2.75, 3.05) is 18.4 Å². The molecule has 3 fully saturated rings. The van der Waals surface area contributed by atoms with Gasteiger partial charge in [0, 0.05) is 37.9 Å². The van der Waals surface area contributed by atoms with Crippen LogP contribution in [0.5, 0.6) is 0 Å².